The summed E-state index contributed by atoms with van der Waals surface area (Å²) in [6.07, 6.45) is 0. The molecule has 1 aromatic carbocycles. The third kappa shape index (κ3) is 3.77. The summed E-state index contributed by atoms with van der Waals surface area (Å²) >= 11 is 5.93. The van der Waals surface area contributed by atoms with Crippen molar-refractivity contribution in [3.8, 4) is 0 Å². The predicted octanol–water partition coefficient (Wildman–Crippen LogP) is 2.20. The molecule has 2 nitrogen and oxygen atoms in total. The molecule has 0 aliphatic heterocycles. The summed E-state index contributed by atoms with van der Waals surface area (Å²) in [5.74, 6) is 0. The van der Waals surface area contributed by atoms with Crippen molar-refractivity contribution in [3.63, 3.8) is 0 Å². The molecule has 0 spiro atoms. The maximum atomic E-state index is 5.93. The van der Waals surface area contributed by atoms with Crippen molar-refractivity contribution in [2.45, 2.75) is 19.6 Å². The summed E-state index contributed by atoms with van der Waals surface area (Å²) in [6.45, 7) is 3.00. The molecule has 0 aromatic heterocycles. The number of ether oxygens (including phenoxy) is 1. The first-order chi connectivity index (χ1) is 6.20. The number of hydrogen-bond acceptors (Lipinski definition) is 2. The van der Waals surface area contributed by atoms with E-state index in [1.165, 1.54) is 0 Å². The monoisotopic (exact) mass is 199 g/mol. The van der Waals surface area contributed by atoms with Crippen LogP contribution in [0.5, 0.6) is 0 Å². The molecule has 1 atom stereocenters. The van der Waals surface area contributed by atoms with Crippen LogP contribution in [0.1, 0.15) is 12.5 Å². The molecule has 1 rings (SSSR count). The van der Waals surface area contributed by atoms with E-state index < -0.39 is 0 Å². The molecule has 0 bridgehead atoms. The van der Waals surface area contributed by atoms with Gasteiger partial charge in [0.2, 0.25) is 0 Å². The van der Waals surface area contributed by atoms with Gasteiger partial charge in [-0.3, -0.25) is 0 Å². The van der Waals surface area contributed by atoms with Gasteiger partial charge in [0.25, 0.3) is 0 Å². The molecule has 0 fully saturated rings. The highest BCUT2D eigenvalue weighted by Gasteiger charge is 1.99. The Morgan fingerprint density at radius 3 is 2.77 bits per heavy atom. The third-order valence-electron chi connectivity index (χ3n) is 1.60. The van der Waals surface area contributed by atoms with E-state index in [0.717, 1.165) is 10.6 Å². The molecule has 0 aliphatic rings. The smallest absolute Gasteiger partial charge is 0.0732 e. The number of rotatable bonds is 4. The normalized spacial score (nSPS) is 12.8. The Hall–Kier alpha value is -0.570. The first kappa shape index (κ1) is 10.5. The zero-order chi connectivity index (χ0) is 9.68. The summed E-state index contributed by atoms with van der Waals surface area (Å²) in [5, 5.41) is 0.743. The average Bonchev–Trinajstić information content (AvgIpc) is 2.08. The second-order valence-corrected chi connectivity index (χ2v) is 3.49. The van der Waals surface area contributed by atoms with Crippen LogP contribution < -0.4 is 5.73 Å². The van der Waals surface area contributed by atoms with Gasteiger partial charge < -0.3 is 10.5 Å². The maximum Gasteiger partial charge on any atom is 0.0732 e. The van der Waals surface area contributed by atoms with E-state index in [9.17, 15) is 0 Å². The zero-order valence-corrected chi connectivity index (χ0v) is 8.42. The average molecular weight is 200 g/mol. The van der Waals surface area contributed by atoms with Crippen LogP contribution in [0, 0.1) is 0 Å². The Morgan fingerprint density at radius 1 is 1.46 bits per heavy atom. The van der Waals surface area contributed by atoms with Gasteiger partial charge in [-0.1, -0.05) is 29.8 Å². The van der Waals surface area contributed by atoms with Crippen LogP contribution in [-0.2, 0) is 11.3 Å². The second-order valence-electron chi connectivity index (χ2n) is 3.08. The Morgan fingerprint density at radius 2 is 2.15 bits per heavy atom. The minimum absolute atomic E-state index is 0.0717. The maximum absolute atomic E-state index is 5.93. The Labute approximate surface area is 83.6 Å². The molecule has 0 amide bonds. The number of halogens is 1. The van der Waals surface area contributed by atoms with E-state index >= 15 is 0 Å². The molecule has 2 N–H and O–H groups in total. The molecular formula is C10H14ClNO. The van der Waals surface area contributed by atoms with Gasteiger partial charge in [-0.05, 0) is 18.6 Å². The van der Waals surface area contributed by atoms with Gasteiger partial charge in [-0.25, -0.2) is 0 Å². The largest absolute Gasteiger partial charge is 0.375 e. The van der Waals surface area contributed by atoms with Crippen LogP contribution >= 0.6 is 11.6 Å². The van der Waals surface area contributed by atoms with E-state index in [-0.39, 0.29) is 6.04 Å². The fourth-order valence-corrected chi connectivity index (χ4v) is 1.16. The fourth-order valence-electron chi connectivity index (χ4n) is 0.970. The van der Waals surface area contributed by atoms with Crippen molar-refractivity contribution in [2.75, 3.05) is 6.61 Å². The lowest BCUT2D eigenvalue weighted by atomic mass is 10.2. The van der Waals surface area contributed by atoms with E-state index in [0.29, 0.717) is 13.2 Å². The van der Waals surface area contributed by atoms with E-state index in [4.69, 9.17) is 22.1 Å². The lowest BCUT2D eigenvalue weighted by Crippen LogP contribution is -2.21. The highest BCUT2D eigenvalue weighted by Crippen LogP contribution is 2.15. The molecule has 72 valence electrons. The zero-order valence-electron chi connectivity index (χ0n) is 7.66. The molecule has 0 saturated carbocycles. The van der Waals surface area contributed by atoms with E-state index in [2.05, 4.69) is 0 Å². The fraction of sp³-hybridized carbons (Fsp3) is 0.400. The first-order valence-corrected chi connectivity index (χ1v) is 4.64. The molecule has 0 saturated heterocycles. The van der Waals surface area contributed by atoms with Crippen molar-refractivity contribution < 1.29 is 4.74 Å². The topological polar surface area (TPSA) is 35.2 Å². The van der Waals surface area contributed by atoms with Gasteiger partial charge in [-0.15, -0.1) is 0 Å². The summed E-state index contributed by atoms with van der Waals surface area (Å²) in [7, 11) is 0. The van der Waals surface area contributed by atoms with Gasteiger partial charge in [0.1, 0.15) is 0 Å². The van der Waals surface area contributed by atoms with Crippen molar-refractivity contribution >= 4 is 11.6 Å². The van der Waals surface area contributed by atoms with Crippen LogP contribution in [0.2, 0.25) is 5.02 Å². The van der Waals surface area contributed by atoms with Crippen LogP contribution in [0.3, 0.4) is 0 Å². The van der Waals surface area contributed by atoms with Crippen molar-refractivity contribution in [3.05, 3.63) is 34.9 Å². The molecule has 1 aromatic rings. The van der Waals surface area contributed by atoms with Gasteiger partial charge in [0.05, 0.1) is 13.2 Å². The predicted molar refractivity (Wildman–Crippen MR) is 54.8 cm³/mol. The lowest BCUT2D eigenvalue weighted by Gasteiger charge is -2.07. The standard InChI is InChI=1S/C10H14ClNO/c1-8(12)6-13-7-9-4-2-3-5-10(9)11/h2-5,8H,6-7,12H2,1H3/t8-/m0/s1. The number of hydrogen-bond donors (Lipinski definition) is 1. The van der Waals surface area contributed by atoms with Crippen LogP contribution in [0.4, 0.5) is 0 Å². The summed E-state index contributed by atoms with van der Waals surface area (Å²) in [5.41, 5.74) is 6.54. The second kappa shape index (κ2) is 5.22. The highest BCUT2D eigenvalue weighted by atomic mass is 35.5. The lowest BCUT2D eigenvalue weighted by molar-refractivity contribution is 0.111. The molecule has 0 radical (unpaired) electrons. The third-order valence-corrected chi connectivity index (χ3v) is 1.96. The summed E-state index contributed by atoms with van der Waals surface area (Å²) < 4.78 is 5.35. The summed E-state index contributed by atoms with van der Waals surface area (Å²) in [6, 6.07) is 7.71. The minimum atomic E-state index is 0.0717. The van der Waals surface area contributed by atoms with E-state index in [1.807, 2.05) is 31.2 Å². The van der Waals surface area contributed by atoms with Gasteiger partial charge in [-0.2, -0.15) is 0 Å². The van der Waals surface area contributed by atoms with Crippen molar-refractivity contribution in [1.82, 2.24) is 0 Å². The van der Waals surface area contributed by atoms with Crippen LogP contribution in [-0.4, -0.2) is 12.6 Å². The molecule has 13 heavy (non-hydrogen) atoms. The minimum Gasteiger partial charge on any atom is -0.375 e. The summed E-state index contributed by atoms with van der Waals surface area (Å²) in [4.78, 5) is 0. The van der Waals surface area contributed by atoms with E-state index in [1.54, 1.807) is 0 Å². The Bertz CT molecular complexity index is 263. The molecule has 0 unspecified atom stereocenters. The first-order valence-electron chi connectivity index (χ1n) is 4.27. The van der Waals surface area contributed by atoms with Gasteiger partial charge in [0.15, 0.2) is 0 Å². The molecular weight excluding hydrogens is 186 g/mol. The van der Waals surface area contributed by atoms with Crippen molar-refractivity contribution in [1.29, 1.82) is 0 Å². The Kier molecular flexibility index (Phi) is 4.22. The number of benzene rings is 1. The Balaban J connectivity index is 2.41. The molecule has 3 heteroatoms. The van der Waals surface area contributed by atoms with Gasteiger partial charge in [0, 0.05) is 11.1 Å². The SMILES string of the molecule is C[C@H](N)COCc1ccccc1Cl. The molecule has 0 heterocycles. The van der Waals surface area contributed by atoms with Gasteiger partial charge >= 0.3 is 0 Å². The number of nitrogens with two attached hydrogens (primary N) is 1. The van der Waals surface area contributed by atoms with Crippen LogP contribution in [0.15, 0.2) is 24.3 Å². The molecule has 0 aliphatic carbocycles. The quantitative estimate of drug-likeness (QED) is 0.807. The van der Waals surface area contributed by atoms with Crippen molar-refractivity contribution in [2.24, 2.45) is 5.73 Å². The van der Waals surface area contributed by atoms with Crippen LogP contribution in [0.25, 0.3) is 0 Å². The highest BCUT2D eigenvalue weighted by molar-refractivity contribution is 6.31.